The Labute approximate surface area is 99.8 Å². The average Bonchev–Trinajstić information content (AvgIpc) is 2.34. The van der Waals surface area contributed by atoms with Crippen LogP contribution in [0, 0.1) is 6.92 Å². The lowest BCUT2D eigenvalue weighted by molar-refractivity contribution is -0.139. The molecule has 0 heterocycles. The first-order chi connectivity index (χ1) is 8.13. The Balaban J connectivity index is 2.37. The van der Waals surface area contributed by atoms with Crippen molar-refractivity contribution in [3.63, 3.8) is 0 Å². The van der Waals surface area contributed by atoms with Crippen LogP contribution in [0.3, 0.4) is 0 Å². The second-order valence-corrected chi connectivity index (χ2v) is 3.65. The molecular weight excluding hydrogens is 220 g/mol. The fraction of sp³-hybridized carbons (Fsp3) is 0.333. The van der Waals surface area contributed by atoms with Crippen molar-refractivity contribution in [1.29, 1.82) is 0 Å². The van der Waals surface area contributed by atoms with Crippen molar-refractivity contribution in [3.8, 4) is 0 Å². The van der Waals surface area contributed by atoms with Gasteiger partial charge in [-0.15, -0.1) is 0 Å². The molecule has 3 N–H and O–H groups in total. The molecule has 2 amide bonds. The monoisotopic (exact) mass is 236 g/mol. The third kappa shape index (κ3) is 4.65. The van der Waals surface area contributed by atoms with Crippen molar-refractivity contribution in [2.75, 3.05) is 13.2 Å². The van der Waals surface area contributed by atoms with Crippen molar-refractivity contribution in [2.45, 2.75) is 13.5 Å². The summed E-state index contributed by atoms with van der Waals surface area (Å²) in [6.45, 7) is 2.18. The van der Waals surface area contributed by atoms with E-state index in [0.717, 1.165) is 11.1 Å². The predicted octanol–water partition coefficient (Wildman–Crippen LogP) is -0.280. The van der Waals surface area contributed by atoms with E-state index in [1.165, 1.54) is 0 Å². The van der Waals surface area contributed by atoms with Gasteiger partial charge < -0.3 is 15.7 Å². The molecular formula is C12H16N2O3. The van der Waals surface area contributed by atoms with E-state index in [2.05, 4.69) is 10.6 Å². The van der Waals surface area contributed by atoms with E-state index in [9.17, 15) is 9.59 Å². The normalized spacial score (nSPS) is 9.76. The Kier molecular flexibility index (Phi) is 5.16. The number of aliphatic hydroxyl groups excluding tert-OH is 1. The molecule has 0 saturated carbocycles. The minimum atomic E-state index is -0.730. The van der Waals surface area contributed by atoms with E-state index in [4.69, 9.17) is 5.11 Å². The zero-order valence-corrected chi connectivity index (χ0v) is 9.69. The minimum absolute atomic E-state index is 0.0801. The quantitative estimate of drug-likeness (QED) is 0.629. The maximum absolute atomic E-state index is 11.3. The lowest BCUT2D eigenvalue weighted by Gasteiger charge is -2.05. The smallest absolute Gasteiger partial charge is 0.309 e. The van der Waals surface area contributed by atoms with Crippen molar-refractivity contribution in [3.05, 3.63) is 35.4 Å². The highest BCUT2D eigenvalue weighted by Crippen LogP contribution is 2.02. The third-order valence-electron chi connectivity index (χ3n) is 2.18. The van der Waals surface area contributed by atoms with Crippen LogP contribution in [0.4, 0.5) is 0 Å². The van der Waals surface area contributed by atoms with Gasteiger partial charge in [0.05, 0.1) is 6.61 Å². The summed E-state index contributed by atoms with van der Waals surface area (Å²) < 4.78 is 0. The number of hydrogen-bond donors (Lipinski definition) is 3. The van der Waals surface area contributed by atoms with Crippen LogP contribution in [-0.2, 0) is 16.1 Å². The second kappa shape index (κ2) is 6.65. The highest BCUT2D eigenvalue weighted by atomic mass is 16.3. The summed E-state index contributed by atoms with van der Waals surface area (Å²) in [5.74, 6) is -1.43. The number of carbonyl (C=O) groups excluding carboxylic acids is 2. The summed E-state index contributed by atoms with van der Waals surface area (Å²) in [5, 5.41) is 13.3. The van der Waals surface area contributed by atoms with Gasteiger partial charge in [0.1, 0.15) is 0 Å². The van der Waals surface area contributed by atoms with Gasteiger partial charge in [-0.25, -0.2) is 0 Å². The molecule has 0 aliphatic rings. The third-order valence-corrected chi connectivity index (χ3v) is 2.18. The van der Waals surface area contributed by atoms with Gasteiger partial charge in [0.15, 0.2) is 0 Å². The highest BCUT2D eigenvalue weighted by molar-refractivity contribution is 6.35. The molecule has 5 heteroatoms. The first kappa shape index (κ1) is 13.2. The zero-order chi connectivity index (χ0) is 12.7. The van der Waals surface area contributed by atoms with Gasteiger partial charge in [-0.3, -0.25) is 9.59 Å². The molecule has 92 valence electrons. The Hall–Kier alpha value is -1.88. The number of benzene rings is 1. The summed E-state index contributed by atoms with van der Waals surface area (Å²) in [7, 11) is 0. The van der Waals surface area contributed by atoms with E-state index < -0.39 is 11.8 Å². The van der Waals surface area contributed by atoms with E-state index >= 15 is 0 Å². The largest absolute Gasteiger partial charge is 0.395 e. The van der Waals surface area contributed by atoms with Crippen LogP contribution in [0.1, 0.15) is 11.1 Å². The van der Waals surface area contributed by atoms with Crippen LogP contribution in [0.15, 0.2) is 24.3 Å². The molecule has 0 aliphatic heterocycles. The highest BCUT2D eigenvalue weighted by Gasteiger charge is 2.11. The lowest BCUT2D eigenvalue weighted by atomic mass is 10.1. The topological polar surface area (TPSA) is 78.4 Å². The van der Waals surface area contributed by atoms with Gasteiger partial charge in [-0.1, -0.05) is 29.8 Å². The summed E-state index contributed by atoms with van der Waals surface area (Å²) in [4.78, 5) is 22.4. The van der Waals surface area contributed by atoms with Crippen molar-refractivity contribution < 1.29 is 14.7 Å². The van der Waals surface area contributed by atoms with Crippen LogP contribution < -0.4 is 10.6 Å². The average molecular weight is 236 g/mol. The standard InChI is InChI=1S/C12H16N2O3/c1-9-2-4-10(5-3-9)8-14-12(17)11(16)13-6-7-15/h2-5,15H,6-8H2,1H3,(H,13,16)(H,14,17). The van der Waals surface area contributed by atoms with Gasteiger partial charge in [0.2, 0.25) is 0 Å². The summed E-state index contributed by atoms with van der Waals surface area (Å²) in [5.41, 5.74) is 2.07. The molecule has 0 saturated heterocycles. The molecule has 0 aromatic heterocycles. The van der Waals surface area contributed by atoms with E-state index in [1.807, 2.05) is 31.2 Å². The Bertz CT molecular complexity index is 387. The van der Waals surface area contributed by atoms with Crippen LogP contribution in [0.2, 0.25) is 0 Å². The molecule has 5 nitrogen and oxygen atoms in total. The molecule has 0 atom stereocenters. The Morgan fingerprint density at radius 2 is 1.71 bits per heavy atom. The summed E-state index contributed by atoms with van der Waals surface area (Å²) in [6, 6.07) is 7.66. The molecule has 0 bridgehead atoms. The van der Waals surface area contributed by atoms with Crippen molar-refractivity contribution in [1.82, 2.24) is 10.6 Å². The van der Waals surface area contributed by atoms with Crippen molar-refractivity contribution >= 4 is 11.8 Å². The van der Waals surface area contributed by atoms with Gasteiger partial charge in [-0.05, 0) is 12.5 Å². The number of amides is 2. The number of nitrogens with one attached hydrogen (secondary N) is 2. The fourth-order valence-electron chi connectivity index (χ4n) is 1.22. The minimum Gasteiger partial charge on any atom is -0.395 e. The number of carbonyl (C=O) groups is 2. The Morgan fingerprint density at radius 1 is 1.12 bits per heavy atom. The first-order valence-electron chi connectivity index (χ1n) is 5.36. The first-order valence-corrected chi connectivity index (χ1v) is 5.36. The van der Waals surface area contributed by atoms with Crippen LogP contribution in [0.25, 0.3) is 0 Å². The molecule has 0 fully saturated rings. The molecule has 1 aromatic carbocycles. The maximum Gasteiger partial charge on any atom is 0.309 e. The van der Waals surface area contributed by atoms with Gasteiger partial charge in [-0.2, -0.15) is 0 Å². The SMILES string of the molecule is Cc1ccc(CNC(=O)C(=O)NCCO)cc1. The van der Waals surface area contributed by atoms with Crippen LogP contribution in [-0.4, -0.2) is 30.1 Å². The molecule has 1 aromatic rings. The molecule has 0 radical (unpaired) electrons. The molecule has 0 unspecified atom stereocenters. The Morgan fingerprint density at radius 3 is 2.29 bits per heavy atom. The molecule has 17 heavy (non-hydrogen) atoms. The molecule has 1 rings (SSSR count). The van der Waals surface area contributed by atoms with Crippen molar-refractivity contribution in [2.24, 2.45) is 0 Å². The lowest BCUT2D eigenvalue weighted by Crippen LogP contribution is -2.40. The summed E-state index contributed by atoms with van der Waals surface area (Å²) in [6.07, 6.45) is 0. The number of aryl methyl sites for hydroxylation is 1. The van der Waals surface area contributed by atoms with E-state index in [1.54, 1.807) is 0 Å². The maximum atomic E-state index is 11.3. The molecule has 0 aliphatic carbocycles. The predicted molar refractivity (Wildman–Crippen MR) is 63.1 cm³/mol. The van der Waals surface area contributed by atoms with E-state index in [-0.39, 0.29) is 13.2 Å². The van der Waals surface area contributed by atoms with Gasteiger partial charge >= 0.3 is 11.8 Å². The number of hydrogen-bond acceptors (Lipinski definition) is 3. The van der Waals surface area contributed by atoms with Crippen LogP contribution in [0.5, 0.6) is 0 Å². The zero-order valence-electron chi connectivity index (χ0n) is 9.69. The molecule has 0 spiro atoms. The second-order valence-electron chi connectivity index (χ2n) is 3.65. The number of aliphatic hydroxyl groups is 1. The fourth-order valence-corrected chi connectivity index (χ4v) is 1.22. The van der Waals surface area contributed by atoms with Gasteiger partial charge in [0, 0.05) is 13.1 Å². The van der Waals surface area contributed by atoms with Gasteiger partial charge in [0.25, 0.3) is 0 Å². The number of rotatable bonds is 4. The summed E-state index contributed by atoms with van der Waals surface area (Å²) >= 11 is 0. The van der Waals surface area contributed by atoms with E-state index in [0.29, 0.717) is 6.54 Å². The van der Waals surface area contributed by atoms with Crippen LogP contribution >= 0.6 is 0 Å².